The maximum atomic E-state index is 12.8. The normalized spacial score (nSPS) is 20.1. The number of hydrogen-bond donors (Lipinski definition) is 2. The van der Waals surface area contributed by atoms with Crippen LogP contribution in [0.15, 0.2) is 41.3 Å². The molecule has 1 aliphatic rings. The average Bonchev–Trinajstić information content (AvgIpc) is 3.27. The number of aromatic amines is 1. The second-order valence-corrected chi connectivity index (χ2v) is 8.54. The minimum absolute atomic E-state index is 0.203. The molecule has 1 fully saturated rings. The number of methoxy groups -OCH3 is 1. The van der Waals surface area contributed by atoms with E-state index in [-0.39, 0.29) is 17.3 Å². The van der Waals surface area contributed by atoms with Gasteiger partial charge in [-0.1, -0.05) is 18.2 Å². The Balaban J connectivity index is 1.81. The fraction of sp³-hybridized carbons (Fsp3) is 0.444. The molecule has 2 heterocycles. The molecule has 1 aliphatic heterocycles. The Labute approximate surface area is 159 Å². The monoisotopic (exact) mass is 392 g/mol. The van der Waals surface area contributed by atoms with E-state index in [2.05, 4.69) is 14.9 Å². The quantitative estimate of drug-likeness (QED) is 0.739. The summed E-state index contributed by atoms with van der Waals surface area (Å²) in [4.78, 5) is 14.5. The largest absolute Gasteiger partial charge is 0.385 e. The van der Waals surface area contributed by atoms with Crippen LogP contribution in [0, 0.1) is 6.92 Å². The molecule has 146 valence electrons. The van der Waals surface area contributed by atoms with Crippen molar-refractivity contribution < 1.29 is 17.9 Å². The zero-order valence-electron chi connectivity index (χ0n) is 15.4. The van der Waals surface area contributed by atoms with Gasteiger partial charge in [-0.2, -0.15) is 5.10 Å². The topological polar surface area (TPSA) is 104 Å². The second-order valence-electron chi connectivity index (χ2n) is 6.85. The minimum Gasteiger partial charge on any atom is -0.385 e. The van der Waals surface area contributed by atoms with Crippen molar-refractivity contribution >= 4 is 15.9 Å². The number of H-pyrrole nitrogens is 1. The number of sulfonamides is 1. The van der Waals surface area contributed by atoms with Crippen molar-refractivity contribution in [3.05, 3.63) is 47.8 Å². The molecule has 27 heavy (non-hydrogen) atoms. The molecule has 0 bridgehead atoms. The molecule has 0 spiro atoms. The number of carbonyl (C=O) groups excluding carboxylic acids is 1. The number of amides is 1. The van der Waals surface area contributed by atoms with Gasteiger partial charge in [0.1, 0.15) is 5.69 Å². The van der Waals surface area contributed by atoms with Crippen LogP contribution >= 0.6 is 0 Å². The summed E-state index contributed by atoms with van der Waals surface area (Å²) in [5.74, 6) is -0.211. The number of nitrogens with one attached hydrogen (secondary N) is 2. The molecule has 1 aromatic carbocycles. The number of likely N-dealkylation sites (tertiary alicyclic amines) is 1. The van der Waals surface area contributed by atoms with Crippen LogP contribution in [-0.4, -0.2) is 61.8 Å². The first kappa shape index (κ1) is 19.5. The van der Waals surface area contributed by atoms with E-state index in [1.807, 2.05) is 6.92 Å². The van der Waals surface area contributed by atoms with Gasteiger partial charge in [0, 0.05) is 32.5 Å². The summed E-state index contributed by atoms with van der Waals surface area (Å²) in [6.45, 7) is 2.93. The number of ether oxygens (including phenoxy) is 1. The van der Waals surface area contributed by atoms with Crippen LogP contribution in [0.25, 0.3) is 0 Å². The third-order valence-electron chi connectivity index (χ3n) is 4.76. The summed E-state index contributed by atoms with van der Waals surface area (Å²) in [5.41, 5.74) is 0.361. The van der Waals surface area contributed by atoms with E-state index in [0.29, 0.717) is 31.7 Å². The molecule has 1 saturated heterocycles. The third-order valence-corrected chi connectivity index (χ3v) is 6.35. The van der Waals surface area contributed by atoms with Crippen molar-refractivity contribution in [2.24, 2.45) is 0 Å². The van der Waals surface area contributed by atoms with E-state index >= 15 is 0 Å². The van der Waals surface area contributed by atoms with Crippen molar-refractivity contribution in [1.29, 1.82) is 0 Å². The summed E-state index contributed by atoms with van der Waals surface area (Å²) in [6.07, 6.45) is 0.983. The van der Waals surface area contributed by atoms with E-state index in [1.54, 1.807) is 48.4 Å². The Kier molecular flexibility index (Phi) is 5.64. The van der Waals surface area contributed by atoms with Crippen LogP contribution in [0.2, 0.25) is 0 Å². The molecule has 1 aromatic heterocycles. The molecule has 1 atom stereocenters. The van der Waals surface area contributed by atoms with E-state index in [9.17, 15) is 13.2 Å². The molecule has 2 N–H and O–H groups in total. The second kappa shape index (κ2) is 7.79. The molecule has 0 radical (unpaired) electrons. The first-order valence-corrected chi connectivity index (χ1v) is 10.2. The summed E-state index contributed by atoms with van der Waals surface area (Å²) in [6, 6.07) is 9.92. The van der Waals surface area contributed by atoms with E-state index < -0.39 is 15.6 Å². The van der Waals surface area contributed by atoms with Gasteiger partial charge in [-0.05, 0) is 38.0 Å². The molecule has 2 aromatic rings. The highest BCUT2D eigenvalue weighted by Gasteiger charge is 2.43. The lowest BCUT2D eigenvalue weighted by atomic mass is 9.96. The smallest absolute Gasteiger partial charge is 0.274 e. The lowest BCUT2D eigenvalue weighted by molar-refractivity contribution is 0.0769. The average molecular weight is 392 g/mol. The van der Waals surface area contributed by atoms with Crippen LogP contribution < -0.4 is 4.72 Å². The Bertz CT molecular complexity index is 897. The van der Waals surface area contributed by atoms with E-state index in [1.165, 1.54) is 0 Å². The van der Waals surface area contributed by atoms with Crippen molar-refractivity contribution in [2.45, 2.75) is 30.2 Å². The lowest BCUT2D eigenvalue weighted by Gasteiger charge is -2.30. The summed E-state index contributed by atoms with van der Waals surface area (Å²) in [5, 5.41) is 6.77. The minimum atomic E-state index is -3.71. The Morgan fingerprint density at radius 2 is 2.11 bits per heavy atom. The number of nitrogens with zero attached hydrogens (tertiary/aromatic N) is 2. The molecule has 9 heteroatoms. The van der Waals surface area contributed by atoms with Crippen LogP contribution in [-0.2, 0) is 14.8 Å². The maximum Gasteiger partial charge on any atom is 0.274 e. The van der Waals surface area contributed by atoms with Gasteiger partial charge in [0.15, 0.2) is 0 Å². The fourth-order valence-corrected chi connectivity index (χ4v) is 4.79. The zero-order chi connectivity index (χ0) is 19.5. The number of aromatic nitrogens is 2. The number of rotatable bonds is 7. The molecular weight excluding hydrogens is 368 g/mol. The molecule has 1 amide bonds. The highest BCUT2D eigenvalue weighted by molar-refractivity contribution is 7.89. The lowest BCUT2D eigenvalue weighted by Crippen LogP contribution is -2.51. The van der Waals surface area contributed by atoms with Gasteiger partial charge in [-0.3, -0.25) is 9.89 Å². The predicted molar refractivity (Wildman–Crippen MR) is 99.8 cm³/mol. The standard InChI is InChI=1S/C18H24N4O4S/c1-14-12-16(20-19-14)17(23)22-10-8-18(13-22,9-11-26-2)21-27(24,25)15-6-4-3-5-7-15/h3-7,12,21H,8-11,13H2,1-2H3,(H,19,20). The van der Waals surface area contributed by atoms with Gasteiger partial charge in [0.2, 0.25) is 10.0 Å². The number of benzene rings is 1. The van der Waals surface area contributed by atoms with Gasteiger partial charge in [-0.15, -0.1) is 0 Å². The number of hydrogen-bond acceptors (Lipinski definition) is 5. The van der Waals surface area contributed by atoms with E-state index in [0.717, 1.165) is 5.69 Å². The van der Waals surface area contributed by atoms with Crippen LogP contribution in [0.1, 0.15) is 29.0 Å². The molecule has 1 unspecified atom stereocenters. The summed E-state index contributed by atoms with van der Waals surface area (Å²) < 4.78 is 33.7. The van der Waals surface area contributed by atoms with Crippen LogP contribution in [0.4, 0.5) is 0 Å². The summed E-state index contributed by atoms with van der Waals surface area (Å²) >= 11 is 0. The Hall–Kier alpha value is -2.23. The number of carbonyl (C=O) groups is 1. The van der Waals surface area contributed by atoms with Gasteiger partial charge >= 0.3 is 0 Å². The van der Waals surface area contributed by atoms with E-state index in [4.69, 9.17) is 4.74 Å². The van der Waals surface area contributed by atoms with Crippen LogP contribution in [0.3, 0.4) is 0 Å². The number of aryl methyl sites for hydroxylation is 1. The zero-order valence-corrected chi connectivity index (χ0v) is 16.3. The van der Waals surface area contributed by atoms with Gasteiger partial charge < -0.3 is 9.64 Å². The Morgan fingerprint density at radius 3 is 2.74 bits per heavy atom. The van der Waals surface area contributed by atoms with Gasteiger partial charge in [0.05, 0.1) is 10.4 Å². The first-order valence-electron chi connectivity index (χ1n) is 8.74. The highest BCUT2D eigenvalue weighted by Crippen LogP contribution is 2.28. The maximum absolute atomic E-state index is 12.8. The Morgan fingerprint density at radius 1 is 1.37 bits per heavy atom. The molecule has 3 rings (SSSR count). The molecule has 0 aliphatic carbocycles. The van der Waals surface area contributed by atoms with Crippen LogP contribution in [0.5, 0.6) is 0 Å². The highest BCUT2D eigenvalue weighted by atomic mass is 32.2. The first-order chi connectivity index (χ1) is 12.9. The van der Waals surface area contributed by atoms with Gasteiger partial charge in [0.25, 0.3) is 5.91 Å². The van der Waals surface area contributed by atoms with Crippen molar-refractivity contribution in [2.75, 3.05) is 26.8 Å². The molecule has 8 nitrogen and oxygen atoms in total. The predicted octanol–water partition coefficient (Wildman–Crippen LogP) is 1.32. The van der Waals surface area contributed by atoms with Crippen molar-refractivity contribution in [1.82, 2.24) is 19.8 Å². The fourth-order valence-electron chi connectivity index (χ4n) is 3.31. The molecular formula is C18H24N4O4S. The SMILES string of the molecule is COCCC1(NS(=O)(=O)c2ccccc2)CCN(C(=O)c2cc(C)[nH]n2)C1. The third kappa shape index (κ3) is 4.37. The van der Waals surface area contributed by atoms with Crippen molar-refractivity contribution in [3.63, 3.8) is 0 Å². The van der Waals surface area contributed by atoms with Gasteiger partial charge in [-0.25, -0.2) is 13.1 Å². The van der Waals surface area contributed by atoms with Crippen molar-refractivity contribution in [3.8, 4) is 0 Å². The molecule has 0 saturated carbocycles. The summed E-state index contributed by atoms with van der Waals surface area (Å²) in [7, 11) is -2.13.